The smallest absolute Gasteiger partial charge is 0.292 e. The Bertz CT molecular complexity index is 462. The highest BCUT2D eigenvalue weighted by atomic mass is 79.9. The Morgan fingerprint density at radius 2 is 2.06 bits per heavy atom. The SMILES string of the molecule is CC(=O)c1cc(Br)c([N+](=O)[O-])c(C(F)F)c1. The molecule has 1 rings (SSSR count). The summed E-state index contributed by atoms with van der Waals surface area (Å²) in [7, 11) is 0. The van der Waals surface area contributed by atoms with Gasteiger partial charge in [-0.25, -0.2) is 8.78 Å². The van der Waals surface area contributed by atoms with E-state index in [0.29, 0.717) is 0 Å². The van der Waals surface area contributed by atoms with Crippen LogP contribution in [0.5, 0.6) is 0 Å². The van der Waals surface area contributed by atoms with Crippen LogP contribution >= 0.6 is 15.9 Å². The topological polar surface area (TPSA) is 60.2 Å². The summed E-state index contributed by atoms with van der Waals surface area (Å²) in [4.78, 5) is 20.7. The van der Waals surface area contributed by atoms with Gasteiger partial charge in [-0.1, -0.05) is 0 Å². The molecule has 16 heavy (non-hydrogen) atoms. The van der Waals surface area contributed by atoms with E-state index in [-0.39, 0.29) is 10.0 Å². The molecule has 7 heteroatoms. The minimum atomic E-state index is -3.00. The van der Waals surface area contributed by atoms with Gasteiger partial charge in [-0.2, -0.15) is 0 Å². The number of halogens is 3. The van der Waals surface area contributed by atoms with Crippen LogP contribution in [-0.4, -0.2) is 10.7 Å². The van der Waals surface area contributed by atoms with Crippen molar-refractivity contribution in [1.82, 2.24) is 0 Å². The molecule has 0 saturated heterocycles. The molecule has 0 fully saturated rings. The fourth-order valence-corrected chi connectivity index (χ4v) is 1.80. The third kappa shape index (κ3) is 2.41. The number of nitro groups is 1. The summed E-state index contributed by atoms with van der Waals surface area (Å²) in [5, 5.41) is 10.6. The van der Waals surface area contributed by atoms with E-state index in [2.05, 4.69) is 15.9 Å². The largest absolute Gasteiger partial charge is 0.295 e. The fraction of sp³-hybridized carbons (Fsp3) is 0.222. The summed E-state index contributed by atoms with van der Waals surface area (Å²) in [5.41, 5.74) is -1.46. The van der Waals surface area contributed by atoms with Gasteiger partial charge in [0.1, 0.15) is 0 Å². The van der Waals surface area contributed by atoms with Crippen molar-refractivity contribution >= 4 is 27.4 Å². The Balaban J connectivity index is 3.51. The highest BCUT2D eigenvalue weighted by Crippen LogP contribution is 2.36. The molecule has 0 aliphatic heterocycles. The maximum atomic E-state index is 12.6. The van der Waals surface area contributed by atoms with Crippen LogP contribution in [0.2, 0.25) is 0 Å². The van der Waals surface area contributed by atoms with Crippen LogP contribution in [0.3, 0.4) is 0 Å². The molecule has 0 aliphatic carbocycles. The fourth-order valence-electron chi connectivity index (χ4n) is 1.18. The van der Waals surface area contributed by atoms with Gasteiger partial charge in [-0.15, -0.1) is 0 Å². The van der Waals surface area contributed by atoms with Gasteiger partial charge in [-0.3, -0.25) is 14.9 Å². The first-order chi connectivity index (χ1) is 7.34. The second-order valence-corrected chi connectivity index (χ2v) is 3.86. The molecule has 0 aromatic heterocycles. The molecule has 0 amide bonds. The molecule has 0 atom stereocenters. The van der Waals surface area contributed by atoms with Gasteiger partial charge < -0.3 is 0 Å². The van der Waals surface area contributed by atoms with Crippen molar-refractivity contribution in [2.45, 2.75) is 13.3 Å². The molecule has 0 saturated carbocycles. The molecular weight excluding hydrogens is 288 g/mol. The molecule has 0 radical (unpaired) electrons. The summed E-state index contributed by atoms with van der Waals surface area (Å²) in [6, 6.07) is 2.00. The number of alkyl halides is 2. The molecular formula is C9H6BrF2NO3. The third-order valence-corrected chi connectivity index (χ3v) is 2.52. The number of carbonyl (C=O) groups is 1. The van der Waals surface area contributed by atoms with Crippen molar-refractivity contribution in [2.24, 2.45) is 0 Å². The second kappa shape index (κ2) is 4.65. The van der Waals surface area contributed by atoms with Crippen LogP contribution in [-0.2, 0) is 0 Å². The average Bonchev–Trinajstić information content (AvgIpc) is 2.15. The maximum Gasteiger partial charge on any atom is 0.292 e. The zero-order valence-corrected chi connectivity index (χ0v) is 9.62. The molecule has 1 aromatic rings. The lowest BCUT2D eigenvalue weighted by Crippen LogP contribution is -2.01. The van der Waals surface area contributed by atoms with Gasteiger partial charge in [0.15, 0.2) is 5.78 Å². The molecule has 0 spiro atoms. The van der Waals surface area contributed by atoms with E-state index in [1.54, 1.807) is 0 Å². The van der Waals surface area contributed by atoms with Gasteiger partial charge in [0, 0.05) is 5.56 Å². The highest BCUT2D eigenvalue weighted by Gasteiger charge is 2.26. The summed E-state index contributed by atoms with van der Waals surface area (Å²) >= 11 is 2.81. The molecule has 0 N–H and O–H groups in total. The van der Waals surface area contributed by atoms with Gasteiger partial charge in [0.25, 0.3) is 12.1 Å². The van der Waals surface area contributed by atoms with E-state index in [9.17, 15) is 23.7 Å². The van der Waals surface area contributed by atoms with E-state index >= 15 is 0 Å². The van der Waals surface area contributed by atoms with E-state index in [1.807, 2.05) is 0 Å². The zero-order valence-electron chi connectivity index (χ0n) is 8.04. The van der Waals surface area contributed by atoms with Gasteiger partial charge >= 0.3 is 0 Å². The van der Waals surface area contributed by atoms with E-state index < -0.39 is 28.4 Å². The van der Waals surface area contributed by atoms with Crippen molar-refractivity contribution < 1.29 is 18.5 Å². The van der Waals surface area contributed by atoms with Gasteiger partial charge in [-0.05, 0) is 35.0 Å². The zero-order chi connectivity index (χ0) is 12.5. The Kier molecular flexibility index (Phi) is 3.69. The third-order valence-electron chi connectivity index (χ3n) is 1.92. The average molecular weight is 294 g/mol. The molecule has 0 heterocycles. The lowest BCUT2D eigenvalue weighted by molar-refractivity contribution is -0.387. The van der Waals surface area contributed by atoms with Crippen LogP contribution in [0, 0.1) is 10.1 Å². The minimum absolute atomic E-state index is 0.00720. The number of ketones is 1. The predicted octanol–water partition coefficient (Wildman–Crippen LogP) is 3.50. The number of nitro benzene ring substituents is 1. The van der Waals surface area contributed by atoms with Crippen LogP contribution in [0.4, 0.5) is 14.5 Å². The Morgan fingerprint density at radius 3 is 2.44 bits per heavy atom. The van der Waals surface area contributed by atoms with Gasteiger partial charge in [0.2, 0.25) is 0 Å². The Labute approximate surface area is 97.5 Å². The predicted molar refractivity (Wildman–Crippen MR) is 55.8 cm³/mol. The van der Waals surface area contributed by atoms with Crippen LogP contribution in [0.25, 0.3) is 0 Å². The first-order valence-corrected chi connectivity index (χ1v) is 4.90. The summed E-state index contributed by atoms with van der Waals surface area (Å²) in [6.07, 6.45) is -3.00. The number of rotatable bonds is 3. The van der Waals surface area contributed by atoms with Crippen molar-refractivity contribution in [3.8, 4) is 0 Å². The van der Waals surface area contributed by atoms with Crippen molar-refractivity contribution in [3.05, 3.63) is 37.8 Å². The molecule has 0 aliphatic rings. The normalized spacial score (nSPS) is 10.6. The quantitative estimate of drug-likeness (QED) is 0.487. The minimum Gasteiger partial charge on any atom is -0.295 e. The lowest BCUT2D eigenvalue weighted by Gasteiger charge is -2.05. The second-order valence-electron chi connectivity index (χ2n) is 3.01. The molecule has 0 bridgehead atoms. The van der Waals surface area contributed by atoms with Crippen LogP contribution in [0.1, 0.15) is 29.3 Å². The maximum absolute atomic E-state index is 12.6. The van der Waals surface area contributed by atoms with E-state index in [0.717, 1.165) is 12.1 Å². The number of hydrogen-bond acceptors (Lipinski definition) is 3. The molecule has 86 valence electrons. The monoisotopic (exact) mass is 293 g/mol. The Hall–Kier alpha value is -1.37. The van der Waals surface area contributed by atoms with E-state index in [1.165, 1.54) is 6.92 Å². The number of hydrogen-bond donors (Lipinski definition) is 0. The number of carbonyl (C=O) groups excluding carboxylic acids is 1. The molecule has 1 aromatic carbocycles. The first kappa shape index (κ1) is 12.7. The Morgan fingerprint density at radius 1 is 1.50 bits per heavy atom. The lowest BCUT2D eigenvalue weighted by atomic mass is 10.1. The van der Waals surface area contributed by atoms with Crippen LogP contribution in [0.15, 0.2) is 16.6 Å². The summed E-state index contributed by atoms with van der Waals surface area (Å²) in [6.45, 7) is 1.20. The first-order valence-electron chi connectivity index (χ1n) is 4.11. The van der Waals surface area contributed by atoms with Crippen molar-refractivity contribution in [2.75, 3.05) is 0 Å². The van der Waals surface area contributed by atoms with Crippen molar-refractivity contribution in [1.29, 1.82) is 0 Å². The van der Waals surface area contributed by atoms with E-state index in [4.69, 9.17) is 0 Å². The standard InChI is InChI=1S/C9H6BrF2NO3/c1-4(14)5-2-6(9(11)12)8(13(15)16)7(10)3-5/h2-3,9H,1H3. The summed E-state index contributed by atoms with van der Waals surface area (Å²) in [5.74, 6) is -0.433. The highest BCUT2D eigenvalue weighted by molar-refractivity contribution is 9.10. The van der Waals surface area contributed by atoms with Crippen molar-refractivity contribution in [3.63, 3.8) is 0 Å². The number of benzene rings is 1. The van der Waals surface area contributed by atoms with Crippen LogP contribution < -0.4 is 0 Å². The summed E-state index contributed by atoms with van der Waals surface area (Å²) < 4.78 is 25.0. The number of nitrogens with zero attached hydrogens (tertiary/aromatic N) is 1. The molecule has 4 nitrogen and oxygen atoms in total. The van der Waals surface area contributed by atoms with Gasteiger partial charge in [0.05, 0.1) is 15.0 Å². The number of Topliss-reactive ketones (excluding diaryl/α,β-unsaturated/α-hetero) is 1. The molecule has 0 unspecified atom stereocenters.